The van der Waals surface area contributed by atoms with Crippen LogP contribution >= 0.6 is 11.6 Å². The number of amides is 1. The summed E-state index contributed by atoms with van der Waals surface area (Å²) in [5.41, 5.74) is 4.54. The smallest absolute Gasteiger partial charge is 0.281 e. The number of rotatable bonds is 6. The van der Waals surface area contributed by atoms with E-state index < -0.39 is 0 Å². The highest BCUT2D eigenvalue weighted by atomic mass is 35.5. The van der Waals surface area contributed by atoms with Crippen molar-refractivity contribution in [1.82, 2.24) is 14.5 Å². The first-order chi connectivity index (χ1) is 16.1. The van der Waals surface area contributed by atoms with E-state index in [1.165, 1.54) is 19.3 Å². The van der Waals surface area contributed by atoms with Crippen LogP contribution in [0.5, 0.6) is 0 Å². The topological polar surface area (TPSA) is 75.0 Å². The molecule has 4 aliphatic rings. The van der Waals surface area contributed by atoms with E-state index in [2.05, 4.69) is 20.9 Å². The highest BCUT2D eigenvalue weighted by Gasteiger charge is 2.41. The van der Waals surface area contributed by atoms with Gasteiger partial charge in [0.05, 0.1) is 25.2 Å². The lowest BCUT2D eigenvalue weighted by atomic mass is 9.96. The summed E-state index contributed by atoms with van der Waals surface area (Å²) in [4.78, 5) is 27.0. The molecule has 0 unspecified atom stereocenters. The van der Waals surface area contributed by atoms with Crippen molar-refractivity contribution in [1.29, 1.82) is 0 Å². The van der Waals surface area contributed by atoms with E-state index in [-0.39, 0.29) is 5.91 Å². The standard InChI is InChI=1S/C24H29ClN6O2/c1-3-29-22(32)20-21(30-12-11-26-24(29)30)28-23(27-18-7-5-4-6-8-18)31(20)15-16-9-10-19(33-2)14-17(25)13-16/h9-10,13,18H,3-8,11-12,15H2,1-2H3,(H,27,28). The van der Waals surface area contributed by atoms with Crippen molar-refractivity contribution in [2.45, 2.75) is 51.6 Å². The van der Waals surface area contributed by atoms with Gasteiger partial charge in [-0.25, -0.2) is 0 Å². The molecule has 1 saturated carbocycles. The zero-order valence-corrected chi connectivity index (χ0v) is 19.9. The Kier molecular flexibility index (Phi) is 6.04. The Hall–Kier alpha value is -2.96. The minimum atomic E-state index is -0.0656. The highest BCUT2D eigenvalue weighted by Crippen LogP contribution is 2.34. The summed E-state index contributed by atoms with van der Waals surface area (Å²) in [6.45, 7) is 4.37. The number of allylic oxidation sites excluding steroid dienone is 4. The molecule has 33 heavy (non-hydrogen) atoms. The summed E-state index contributed by atoms with van der Waals surface area (Å²) in [7, 11) is 1.59. The van der Waals surface area contributed by atoms with Gasteiger partial charge in [-0.1, -0.05) is 42.7 Å². The van der Waals surface area contributed by atoms with Crippen molar-refractivity contribution in [2.75, 3.05) is 37.0 Å². The van der Waals surface area contributed by atoms with E-state index in [1.54, 1.807) is 12.0 Å². The lowest BCUT2D eigenvalue weighted by Crippen LogP contribution is -2.50. The number of nitrogens with zero attached hydrogens (tertiary/aromatic N) is 5. The van der Waals surface area contributed by atoms with Gasteiger partial charge >= 0.3 is 0 Å². The number of carbonyl (C=O) groups excluding carboxylic acids is 1. The van der Waals surface area contributed by atoms with Crippen LogP contribution in [-0.4, -0.2) is 59.1 Å². The molecule has 0 radical (unpaired) electrons. The van der Waals surface area contributed by atoms with E-state index >= 15 is 0 Å². The Morgan fingerprint density at radius 1 is 1.27 bits per heavy atom. The van der Waals surface area contributed by atoms with Gasteiger partial charge in [-0.2, -0.15) is 4.98 Å². The number of halogens is 1. The van der Waals surface area contributed by atoms with Crippen molar-refractivity contribution in [3.05, 3.63) is 46.0 Å². The molecule has 8 nitrogen and oxygen atoms in total. The van der Waals surface area contributed by atoms with Crippen LogP contribution in [0.1, 0.15) is 49.5 Å². The molecule has 1 amide bonds. The number of anilines is 2. The molecule has 2 aliphatic heterocycles. The van der Waals surface area contributed by atoms with Gasteiger partial charge in [0.15, 0.2) is 17.3 Å². The highest BCUT2D eigenvalue weighted by molar-refractivity contribution is 6.31. The molecule has 2 aliphatic carbocycles. The van der Waals surface area contributed by atoms with Gasteiger partial charge in [0, 0.05) is 19.1 Å². The molecular weight excluding hydrogens is 440 g/mol. The maximum Gasteiger partial charge on any atom is 0.281 e. The molecule has 1 aromatic rings. The fourth-order valence-electron chi connectivity index (χ4n) is 4.89. The first-order valence-corrected chi connectivity index (χ1v) is 12.1. The fraction of sp³-hybridized carbons (Fsp3) is 0.500. The summed E-state index contributed by atoms with van der Waals surface area (Å²) in [5, 5.41) is 4.11. The van der Waals surface area contributed by atoms with Crippen LogP contribution < -0.4 is 10.2 Å². The summed E-state index contributed by atoms with van der Waals surface area (Å²) in [6.07, 6.45) is 11.6. The number of fused-ring (bicyclic) bond motifs is 3. The molecule has 0 spiro atoms. The van der Waals surface area contributed by atoms with Gasteiger partial charge in [-0.15, -0.1) is 0 Å². The minimum absolute atomic E-state index is 0.0656. The second-order valence-corrected chi connectivity index (χ2v) is 9.06. The quantitative estimate of drug-likeness (QED) is 0.638. The maximum absolute atomic E-state index is 13.6. The number of carbonyl (C=O) groups is 1. The number of hydrogen-bond acceptors (Lipinski definition) is 6. The molecule has 1 aromatic heterocycles. The van der Waals surface area contributed by atoms with Crippen molar-refractivity contribution in [3.8, 4) is 0 Å². The van der Waals surface area contributed by atoms with E-state index in [0.717, 1.165) is 30.9 Å². The molecule has 5 rings (SSSR count). The van der Waals surface area contributed by atoms with E-state index in [0.29, 0.717) is 53.9 Å². The number of methoxy groups -OCH3 is 1. The van der Waals surface area contributed by atoms with Gasteiger partial charge in [-0.3, -0.25) is 24.2 Å². The predicted octanol–water partition coefficient (Wildman–Crippen LogP) is 4.03. The van der Waals surface area contributed by atoms with Crippen LogP contribution in [0.2, 0.25) is 0 Å². The number of ether oxygens (including phenoxy) is 1. The second-order valence-electron chi connectivity index (χ2n) is 8.65. The van der Waals surface area contributed by atoms with Gasteiger partial charge in [0.2, 0.25) is 11.9 Å². The van der Waals surface area contributed by atoms with E-state index in [1.807, 2.05) is 29.7 Å². The molecule has 0 bridgehead atoms. The Morgan fingerprint density at radius 2 is 2.09 bits per heavy atom. The average molecular weight is 469 g/mol. The first-order valence-electron chi connectivity index (χ1n) is 11.7. The third kappa shape index (κ3) is 4.09. The van der Waals surface area contributed by atoms with E-state index in [4.69, 9.17) is 21.3 Å². The molecule has 0 aromatic carbocycles. The van der Waals surface area contributed by atoms with Crippen molar-refractivity contribution in [3.63, 3.8) is 0 Å². The summed E-state index contributed by atoms with van der Waals surface area (Å²) >= 11 is 6.36. The summed E-state index contributed by atoms with van der Waals surface area (Å²) in [6, 6.07) is 0.356. The average Bonchev–Trinajstić information content (AvgIpc) is 3.38. The minimum Gasteiger partial charge on any atom is -0.489 e. The fourth-order valence-corrected chi connectivity index (χ4v) is 5.13. The monoisotopic (exact) mass is 468 g/mol. The maximum atomic E-state index is 13.6. The molecule has 0 atom stereocenters. The Labute approximate surface area is 198 Å². The third-order valence-electron chi connectivity index (χ3n) is 6.53. The van der Waals surface area contributed by atoms with Crippen molar-refractivity contribution >= 4 is 35.2 Å². The number of imidazole rings is 1. The van der Waals surface area contributed by atoms with Crippen LogP contribution in [0.25, 0.3) is 0 Å². The molecule has 1 N–H and O–H groups in total. The van der Waals surface area contributed by atoms with Crippen LogP contribution in [0, 0.1) is 0 Å². The molecular formula is C24H29ClN6O2. The van der Waals surface area contributed by atoms with Gasteiger partial charge < -0.3 is 10.1 Å². The normalized spacial score (nSPS) is 20.5. The number of aromatic nitrogens is 2. The largest absolute Gasteiger partial charge is 0.489 e. The second kappa shape index (κ2) is 9.12. The van der Waals surface area contributed by atoms with Crippen LogP contribution in [0.4, 0.5) is 11.8 Å². The molecule has 0 saturated heterocycles. The SMILES string of the molecule is CCN1C(=O)c2c(nc(NC3CCCCC3)n2CC2=CC(Cl)=C=C(OC)C=C2)N2CCN=C12. The number of nitrogens with one attached hydrogen (secondary N) is 1. The van der Waals surface area contributed by atoms with Crippen LogP contribution in [-0.2, 0) is 11.3 Å². The lowest BCUT2D eigenvalue weighted by Gasteiger charge is -2.32. The van der Waals surface area contributed by atoms with Crippen LogP contribution in [0.15, 0.2) is 45.3 Å². The predicted molar refractivity (Wildman–Crippen MR) is 130 cm³/mol. The van der Waals surface area contributed by atoms with Gasteiger partial charge in [0.1, 0.15) is 0 Å². The number of guanidine groups is 1. The zero-order chi connectivity index (χ0) is 22.9. The first kappa shape index (κ1) is 21.9. The summed E-state index contributed by atoms with van der Waals surface area (Å²) < 4.78 is 7.30. The summed E-state index contributed by atoms with van der Waals surface area (Å²) in [5.74, 6) is 2.62. The molecule has 174 valence electrons. The zero-order valence-electron chi connectivity index (χ0n) is 19.1. The Balaban J connectivity index is 1.56. The molecule has 3 heterocycles. The van der Waals surface area contributed by atoms with E-state index in [9.17, 15) is 4.79 Å². The van der Waals surface area contributed by atoms with Crippen molar-refractivity contribution < 1.29 is 9.53 Å². The van der Waals surface area contributed by atoms with Gasteiger partial charge in [0.25, 0.3) is 5.91 Å². The molecule has 1 fully saturated rings. The Morgan fingerprint density at radius 3 is 2.85 bits per heavy atom. The molecule has 9 heteroatoms. The number of hydrogen-bond donors (Lipinski definition) is 1. The van der Waals surface area contributed by atoms with Gasteiger partial charge in [-0.05, 0) is 37.5 Å². The van der Waals surface area contributed by atoms with Crippen molar-refractivity contribution in [2.24, 2.45) is 4.99 Å². The third-order valence-corrected chi connectivity index (χ3v) is 6.73. The number of aliphatic imine (C=N–C) groups is 1. The van der Waals surface area contributed by atoms with Crippen LogP contribution in [0.3, 0.4) is 0 Å². The lowest BCUT2D eigenvalue weighted by molar-refractivity contribution is 0.0836. The Bertz CT molecular complexity index is 1120.